The van der Waals surface area contributed by atoms with Crippen LogP contribution in [0, 0.1) is 0 Å². The summed E-state index contributed by atoms with van der Waals surface area (Å²) in [7, 11) is 1.62. The fourth-order valence-electron chi connectivity index (χ4n) is 2.76. The lowest BCUT2D eigenvalue weighted by Gasteiger charge is -2.05. The highest BCUT2D eigenvalue weighted by molar-refractivity contribution is 6.09. The Labute approximate surface area is 128 Å². The molecule has 4 nitrogen and oxygen atoms in total. The molecule has 110 valence electrons. The molecule has 4 heteroatoms. The van der Waals surface area contributed by atoms with E-state index in [0.717, 1.165) is 29.9 Å². The molecule has 22 heavy (non-hydrogen) atoms. The third-order valence-corrected chi connectivity index (χ3v) is 4.09. The largest absolute Gasteiger partial charge is 0.497 e. The van der Waals surface area contributed by atoms with Crippen LogP contribution in [0.2, 0.25) is 0 Å². The van der Waals surface area contributed by atoms with Crippen molar-refractivity contribution in [3.63, 3.8) is 0 Å². The van der Waals surface area contributed by atoms with Gasteiger partial charge in [-0.2, -0.15) is 0 Å². The zero-order valence-corrected chi connectivity index (χ0v) is 12.3. The Balaban J connectivity index is 1.84. The lowest BCUT2D eigenvalue weighted by Crippen LogP contribution is -2.08. The maximum atomic E-state index is 13.0. The fourth-order valence-corrected chi connectivity index (χ4v) is 2.76. The second-order valence-electron chi connectivity index (χ2n) is 5.61. The SMILES string of the molecule is COc1ccc(C(=O)c2c(C3CC3)nc3ccccn23)cc1. The molecule has 1 aromatic carbocycles. The lowest BCUT2D eigenvalue weighted by molar-refractivity contribution is 0.103. The molecule has 3 aromatic rings. The molecule has 0 N–H and O–H groups in total. The van der Waals surface area contributed by atoms with Crippen LogP contribution in [0.5, 0.6) is 5.75 Å². The molecule has 0 atom stereocenters. The zero-order chi connectivity index (χ0) is 15.1. The van der Waals surface area contributed by atoms with Crippen molar-refractivity contribution in [2.75, 3.05) is 7.11 Å². The Hall–Kier alpha value is -2.62. The second kappa shape index (κ2) is 4.98. The standard InChI is InChI=1S/C18H16N2O2/c1-22-14-9-7-13(8-10-14)18(21)17-16(12-5-6-12)19-15-4-2-3-11-20(15)17/h2-4,7-12H,5-6H2,1H3. The number of hydrogen-bond acceptors (Lipinski definition) is 3. The Morgan fingerprint density at radius 3 is 2.64 bits per heavy atom. The maximum Gasteiger partial charge on any atom is 0.211 e. The van der Waals surface area contributed by atoms with Crippen molar-refractivity contribution in [3.8, 4) is 5.75 Å². The van der Waals surface area contributed by atoms with Gasteiger partial charge in [0.15, 0.2) is 0 Å². The molecule has 1 aliphatic rings. The lowest BCUT2D eigenvalue weighted by atomic mass is 10.0. The summed E-state index contributed by atoms with van der Waals surface area (Å²) in [6.45, 7) is 0. The number of hydrogen-bond donors (Lipinski definition) is 0. The van der Waals surface area contributed by atoms with Gasteiger partial charge in [0.25, 0.3) is 0 Å². The Kier molecular flexibility index (Phi) is 2.96. The molecule has 2 aromatic heterocycles. The van der Waals surface area contributed by atoms with E-state index in [1.54, 1.807) is 19.2 Å². The number of ether oxygens (including phenoxy) is 1. The molecule has 1 fully saturated rings. The van der Waals surface area contributed by atoms with Gasteiger partial charge >= 0.3 is 0 Å². The number of carbonyl (C=O) groups excluding carboxylic acids is 1. The molecule has 0 aliphatic heterocycles. The molecule has 0 unspecified atom stereocenters. The van der Waals surface area contributed by atoms with Crippen LogP contribution in [0.1, 0.15) is 40.5 Å². The highest BCUT2D eigenvalue weighted by Crippen LogP contribution is 2.41. The predicted molar refractivity (Wildman–Crippen MR) is 83.6 cm³/mol. The van der Waals surface area contributed by atoms with Crippen LogP contribution < -0.4 is 4.74 Å². The smallest absolute Gasteiger partial charge is 0.211 e. The summed E-state index contributed by atoms with van der Waals surface area (Å²) in [4.78, 5) is 17.6. The van der Waals surface area contributed by atoms with Gasteiger partial charge in [0.1, 0.15) is 17.1 Å². The van der Waals surface area contributed by atoms with Crippen LogP contribution in [0.25, 0.3) is 5.65 Å². The molecule has 0 saturated heterocycles. The van der Waals surface area contributed by atoms with E-state index < -0.39 is 0 Å². The van der Waals surface area contributed by atoms with Gasteiger partial charge in [-0.05, 0) is 49.2 Å². The first-order valence-corrected chi connectivity index (χ1v) is 7.43. The van der Waals surface area contributed by atoms with E-state index in [4.69, 9.17) is 4.74 Å². The summed E-state index contributed by atoms with van der Waals surface area (Å²) in [6.07, 6.45) is 4.14. The number of imidazole rings is 1. The molecule has 1 saturated carbocycles. The van der Waals surface area contributed by atoms with Crippen molar-refractivity contribution >= 4 is 11.4 Å². The first-order chi connectivity index (χ1) is 10.8. The molecule has 0 amide bonds. The van der Waals surface area contributed by atoms with Crippen LogP contribution in [0.3, 0.4) is 0 Å². The number of methoxy groups -OCH3 is 1. The summed E-state index contributed by atoms with van der Waals surface area (Å²) in [5.41, 5.74) is 3.13. The molecule has 0 spiro atoms. The molecule has 2 heterocycles. The van der Waals surface area contributed by atoms with Gasteiger partial charge in [0.05, 0.1) is 12.8 Å². The molecular weight excluding hydrogens is 276 g/mol. The maximum absolute atomic E-state index is 13.0. The Morgan fingerprint density at radius 1 is 1.18 bits per heavy atom. The van der Waals surface area contributed by atoms with Crippen LogP contribution in [0.15, 0.2) is 48.7 Å². The number of benzene rings is 1. The molecule has 0 bridgehead atoms. The quantitative estimate of drug-likeness (QED) is 0.692. The van der Waals surface area contributed by atoms with Gasteiger partial charge in [0, 0.05) is 17.7 Å². The Morgan fingerprint density at radius 2 is 1.95 bits per heavy atom. The number of aromatic nitrogens is 2. The first kappa shape index (κ1) is 13.1. The number of fused-ring (bicyclic) bond motifs is 1. The van der Waals surface area contributed by atoms with E-state index in [0.29, 0.717) is 17.2 Å². The fraction of sp³-hybridized carbons (Fsp3) is 0.222. The van der Waals surface area contributed by atoms with Gasteiger partial charge in [-0.25, -0.2) is 4.98 Å². The molecule has 1 aliphatic carbocycles. The highest BCUT2D eigenvalue weighted by atomic mass is 16.5. The van der Waals surface area contributed by atoms with Crippen LogP contribution in [-0.2, 0) is 0 Å². The van der Waals surface area contributed by atoms with E-state index in [9.17, 15) is 4.79 Å². The topological polar surface area (TPSA) is 43.6 Å². The summed E-state index contributed by atoms with van der Waals surface area (Å²) in [6, 6.07) is 13.0. The van der Waals surface area contributed by atoms with E-state index in [2.05, 4.69) is 4.98 Å². The average Bonchev–Trinajstić information content (AvgIpc) is 3.34. The van der Waals surface area contributed by atoms with Gasteiger partial charge in [-0.1, -0.05) is 6.07 Å². The number of nitrogens with zero attached hydrogens (tertiary/aromatic N) is 2. The minimum Gasteiger partial charge on any atom is -0.497 e. The van der Waals surface area contributed by atoms with Crippen LogP contribution in [0.4, 0.5) is 0 Å². The zero-order valence-electron chi connectivity index (χ0n) is 12.3. The van der Waals surface area contributed by atoms with Crippen LogP contribution in [-0.4, -0.2) is 22.3 Å². The molecule has 0 radical (unpaired) electrons. The van der Waals surface area contributed by atoms with E-state index >= 15 is 0 Å². The van der Waals surface area contributed by atoms with Crippen molar-refractivity contribution in [2.45, 2.75) is 18.8 Å². The molecular formula is C18H16N2O2. The average molecular weight is 292 g/mol. The minimum absolute atomic E-state index is 0.0169. The predicted octanol–water partition coefficient (Wildman–Crippen LogP) is 3.45. The van der Waals surface area contributed by atoms with Gasteiger partial charge in [-0.15, -0.1) is 0 Å². The summed E-state index contributed by atoms with van der Waals surface area (Å²) < 4.78 is 7.06. The first-order valence-electron chi connectivity index (χ1n) is 7.43. The molecule has 4 rings (SSSR count). The second-order valence-corrected chi connectivity index (χ2v) is 5.61. The normalized spacial score (nSPS) is 14.2. The third kappa shape index (κ3) is 2.08. The third-order valence-electron chi connectivity index (χ3n) is 4.09. The summed E-state index contributed by atoms with van der Waals surface area (Å²) >= 11 is 0. The number of pyridine rings is 1. The Bertz CT molecular complexity index is 845. The van der Waals surface area contributed by atoms with Gasteiger partial charge in [-0.3, -0.25) is 9.20 Å². The van der Waals surface area contributed by atoms with Crippen molar-refractivity contribution < 1.29 is 9.53 Å². The summed E-state index contributed by atoms with van der Waals surface area (Å²) in [5, 5.41) is 0. The van der Waals surface area contributed by atoms with Crippen molar-refractivity contribution in [1.29, 1.82) is 0 Å². The monoisotopic (exact) mass is 292 g/mol. The van der Waals surface area contributed by atoms with Crippen LogP contribution >= 0.6 is 0 Å². The van der Waals surface area contributed by atoms with Crippen molar-refractivity contribution in [1.82, 2.24) is 9.38 Å². The van der Waals surface area contributed by atoms with Gasteiger partial charge < -0.3 is 4.74 Å². The van der Waals surface area contributed by atoms with Crippen molar-refractivity contribution in [3.05, 3.63) is 65.6 Å². The van der Waals surface area contributed by atoms with Crippen molar-refractivity contribution in [2.24, 2.45) is 0 Å². The number of ketones is 1. The number of carbonyl (C=O) groups is 1. The van der Waals surface area contributed by atoms with E-state index in [1.165, 1.54) is 0 Å². The van der Waals surface area contributed by atoms with E-state index in [-0.39, 0.29) is 5.78 Å². The summed E-state index contributed by atoms with van der Waals surface area (Å²) in [5.74, 6) is 1.19. The minimum atomic E-state index is 0.0169. The number of rotatable bonds is 4. The van der Waals surface area contributed by atoms with Gasteiger partial charge in [0.2, 0.25) is 5.78 Å². The highest BCUT2D eigenvalue weighted by Gasteiger charge is 2.32. The van der Waals surface area contributed by atoms with E-state index in [1.807, 2.05) is 40.9 Å².